The Morgan fingerprint density at radius 3 is 2.55 bits per heavy atom. The summed E-state index contributed by atoms with van der Waals surface area (Å²) < 4.78 is 5.36. The number of hydrogen-bond donors (Lipinski definition) is 1. The van der Waals surface area contributed by atoms with Crippen LogP contribution in [0.3, 0.4) is 0 Å². The van der Waals surface area contributed by atoms with Crippen LogP contribution in [0.2, 0.25) is 10.0 Å². The Kier molecular flexibility index (Phi) is 6.11. The smallest absolute Gasteiger partial charge is 0.258 e. The monoisotopic (exact) mass is 318 g/mol. The maximum absolute atomic E-state index is 11.7. The molecule has 0 spiro atoms. The van der Waals surface area contributed by atoms with Crippen LogP contribution in [0.25, 0.3) is 0 Å². The number of nitrogens with one attached hydrogen (secondary N) is 1. The van der Waals surface area contributed by atoms with E-state index in [1.165, 1.54) is 0 Å². The maximum Gasteiger partial charge on any atom is 0.258 e. The first-order chi connectivity index (χ1) is 9.22. The summed E-state index contributed by atoms with van der Waals surface area (Å²) in [5.74, 6) is 0.254. The molecule has 0 radical (unpaired) electrons. The SMILES string of the molecule is CN(C)C(C)(C)CNC(=O)COc1ccc(Cl)cc1Cl. The van der Waals surface area contributed by atoms with Gasteiger partial charge in [-0.1, -0.05) is 23.2 Å². The number of ether oxygens (including phenoxy) is 1. The van der Waals surface area contributed by atoms with Crippen LogP contribution in [-0.4, -0.2) is 43.6 Å². The molecule has 4 nitrogen and oxygen atoms in total. The third-order valence-electron chi connectivity index (χ3n) is 3.18. The van der Waals surface area contributed by atoms with Crippen molar-refractivity contribution in [1.29, 1.82) is 0 Å². The minimum Gasteiger partial charge on any atom is -0.482 e. The Morgan fingerprint density at radius 1 is 1.35 bits per heavy atom. The molecule has 0 saturated heterocycles. The fourth-order valence-corrected chi connectivity index (χ4v) is 1.72. The number of rotatable bonds is 6. The summed E-state index contributed by atoms with van der Waals surface area (Å²) in [4.78, 5) is 13.8. The number of halogens is 2. The van der Waals surface area contributed by atoms with Crippen LogP contribution in [0.4, 0.5) is 0 Å². The highest BCUT2D eigenvalue weighted by molar-refractivity contribution is 6.35. The molecule has 6 heteroatoms. The standard InChI is InChI=1S/C14H20Cl2N2O2/c1-14(2,18(3)4)9-17-13(19)8-20-12-6-5-10(15)7-11(12)16/h5-7H,8-9H2,1-4H3,(H,17,19). The van der Waals surface area contributed by atoms with E-state index in [2.05, 4.69) is 5.32 Å². The molecule has 1 amide bonds. The lowest BCUT2D eigenvalue weighted by Gasteiger charge is -2.32. The van der Waals surface area contributed by atoms with Crippen LogP contribution in [0, 0.1) is 0 Å². The quantitative estimate of drug-likeness (QED) is 0.877. The van der Waals surface area contributed by atoms with Gasteiger partial charge in [-0.3, -0.25) is 4.79 Å². The Hall–Kier alpha value is -0.970. The van der Waals surface area contributed by atoms with Crippen LogP contribution in [-0.2, 0) is 4.79 Å². The van der Waals surface area contributed by atoms with Gasteiger partial charge in [0, 0.05) is 17.1 Å². The number of carbonyl (C=O) groups excluding carboxylic acids is 1. The highest BCUT2D eigenvalue weighted by Gasteiger charge is 2.21. The third-order valence-corrected chi connectivity index (χ3v) is 3.71. The first-order valence-electron chi connectivity index (χ1n) is 6.24. The Balaban J connectivity index is 2.44. The summed E-state index contributed by atoms with van der Waals surface area (Å²) in [5.41, 5.74) is -0.117. The van der Waals surface area contributed by atoms with Gasteiger partial charge in [0.25, 0.3) is 5.91 Å². The molecule has 0 aliphatic carbocycles. The largest absolute Gasteiger partial charge is 0.482 e. The van der Waals surface area contributed by atoms with E-state index in [4.69, 9.17) is 27.9 Å². The lowest BCUT2D eigenvalue weighted by atomic mass is 10.0. The van der Waals surface area contributed by atoms with Gasteiger partial charge in [-0.2, -0.15) is 0 Å². The molecule has 1 aromatic carbocycles. The van der Waals surface area contributed by atoms with Crippen molar-refractivity contribution >= 4 is 29.1 Å². The summed E-state index contributed by atoms with van der Waals surface area (Å²) >= 11 is 11.7. The van der Waals surface area contributed by atoms with Crippen LogP contribution in [0.5, 0.6) is 5.75 Å². The highest BCUT2D eigenvalue weighted by Crippen LogP contribution is 2.27. The molecule has 0 atom stereocenters. The van der Waals surface area contributed by atoms with Crippen molar-refractivity contribution in [2.24, 2.45) is 0 Å². The zero-order valence-electron chi connectivity index (χ0n) is 12.2. The minimum atomic E-state index is -0.189. The molecular formula is C14H20Cl2N2O2. The number of benzene rings is 1. The Bertz CT molecular complexity index is 476. The van der Waals surface area contributed by atoms with Gasteiger partial charge in [0.05, 0.1) is 5.02 Å². The lowest BCUT2D eigenvalue weighted by Crippen LogP contribution is -2.48. The van der Waals surface area contributed by atoms with Crippen molar-refractivity contribution in [2.75, 3.05) is 27.2 Å². The molecule has 0 fully saturated rings. The van der Waals surface area contributed by atoms with E-state index in [-0.39, 0.29) is 18.1 Å². The summed E-state index contributed by atoms with van der Waals surface area (Å²) in [6.45, 7) is 4.55. The van der Waals surface area contributed by atoms with Crippen LogP contribution in [0.15, 0.2) is 18.2 Å². The first kappa shape index (κ1) is 17.1. The second-order valence-electron chi connectivity index (χ2n) is 5.35. The van der Waals surface area contributed by atoms with Crippen molar-refractivity contribution in [1.82, 2.24) is 10.2 Å². The third kappa shape index (κ3) is 5.19. The van der Waals surface area contributed by atoms with E-state index in [1.54, 1.807) is 18.2 Å². The second-order valence-corrected chi connectivity index (χ2v) is 6.19. The predicted octanol–water partition coefficient (Wildman–Crippen LogP) is 2.83. The molecule has 0 unspecified atom stereocenters. The normalized spacial score (nSPS) is 11.6. The van der Waals surface area contributed by atoms with E-state index in [1.807, 2.05) is 32.8 Å². The maximum atomic E-state index is 11.7. The van der Waals surface area contributed by atoms with Gasteiger partial charge in [0.2, 0.25) is 0 Å². The molecule has 1 rings (SSSR count). The van der Waals surface area contributed by atoms with Crippen molar-refractivity contribution < 1.29 is 9.53 Å². The van der Waals surface area contributed by atoms with Crippen molar-refractivity contribution in [3.05, 3.63) is 28.2 Å². The molecule has 112 valence electrons. The molecule has 0 saturated carbocycles. The average Bonchev–Trinajstić information content (AvgIpc) is 2.35. The van der Waals surface area contributed by atoms with Crippen molar-refractivity contribution in [3.63, 3.8) is 0 Å². The number of nitrogens with zero attached hydrogens (tertiary/aromatic N) is 1. The van der Waals surface area contributed by atoms with Crippen molar-refractivity contribution in [3.8, 4) is 5.75 Å². The van der Waals surface area contributed by atoms with Gasteiger partial charge in [-0.25, -0.2) is 0 Å². The number of likely N-dealkylation sites (N-methyl/N-ethyl adjacent to an activating group) is 1. The summed E-state index contributed by atoms with van der Waals surface area (Å²) in [6.07, 6.45) is 0. The molecule has 0 bridgehead atoms. The summed E-state index contributed by atoms with van der Waals surface area (Å²) in [7, 11) is 3.94. The van der Waals surface area contributed by atoms with E-state index in [0.29, 0.717) is 22.3 Å². The molecular weight excluding hydrogens is 299 g/mol. The zero-order valence-corrected chi connectivity index (χ0v) is 13.7. The first-order valence-corrected chi connectivity index (χ1v) is 7.00. The second kappa shape index (κ2) is 7.16. The number of carbonyl (C=O) groups is 1. The summed E-state index contributed by atoms with van der Waals surface area (Å²) in [5, 5.41) is 3.75. The summed E-state index contributed by atoms with van der Waals surface area (Å²) in [6, 6.07) is 4.88. The van der Waals surface area contributed by atoms with E-state index in [0.717, 1.165) is 0 Å². The van der Waals surface area contributed by atoms with Crippen LogP contribution >= 0.6 is 23.2 Å². The molecule has 0 aliphatic rings. The highest BCUT2D eigenvalue weighted by atomic mass is 35.5. The molecule has 0 aliphatic heterocycles. The molecule has 1 N–H and O–H groups in total. The average molecular weight is 319 g/mol. The van der Waals surface area contributed by atoms with Gasteiger partial charge in [-0.05, 0) is 46.1 Å². The molecule has 20 heavy (non-hydrogen) atoms. The zero-order chi connectivity index (χ0) is 15.3. The molecule has 0 heterocycles. The minimum absolute atomic E-state index is 0.0785. The topological polar surface area (TPSA) is 41.6 Å². The van der Waals surface area contributed by atoms with Crippen LogP contribution < -0.4 is 10.1 Å². The predicted molar refractivity (Wildman–Crippen MR) is 82.7 cm³/mol. The number of hydrogen-bond acceptors (Lipinski definition) is 3. The van der Waals surface area contributed by atoms with Crippen molar-refractivity contribution in [2.45, 2.75) is 19.4 Å². The number of amides is 1. The van der Waals surface area contributed by atoms with Gasteiger partial charge in [0.1, 0.15) is 5.75 Å². The van der Waals surface area contributed by atoms with E-state index in [9.17, 15) is 4.79 Å². The Morgan fingerprint density at radius 2 is 2.00 bits per heavy atom. The van der Waals surface area contributed by atoms with Gasteiger partial charge >= 0.3 is 0 Å². The van der Waals surface area contributed by atoms with Gasteiger partial charge < -0.3 is 15.0 Å². The van der Waals surface area contributed by atoms with Gasteiger partial charge in [-0.15, -0.1) is 0 Å². The van der Waals surface area contributed by atoms with Crippen LogP contribution in [0.1, 0.15) is 13.8 Å². The lowest BCUT2D eigenvalue weighted by molar-refractivity contribution is -0.123. The van der Waals surface area contributed by atoms with E-state index < -0.39 is 0 Å². The van der Waals surface area contributed by atoms with E-state index >= 15 is 0 Å². The Labute approximate surface area is 130 Å². The molecule has 1 aromatic rings. The van der Waals surface area contributed by atoms with Gasteiger partial charge in [0.15, 0.2) is 6.61 Å². The fourth-order valence-electron chi connectivity index (χ4n) is 1.26. The molecule has 0 aromatic heterocycles. The fraction of sp³-hybridized carbons (Fsp3) is 0.500.